The Hall–Kier alpha value is -2.86. The Morgan fingerprint density at radius 1 is 0.958 bits per heavy atom. The molecule has 12 heteroatoms. The minimum atomic E-state index is -0.474. The Morgan fingerprint density at radius 3 is 2.44 bits per heavy atom. The van der Waals surface area contributed by atoms with Crippen molar-refractivity contribution in [3.8, 4) is 0 Å². The lowest BCUT2D eigenvalue weighted by atomic mass is 9.91. The molecule has 10 nitrogen and oxygen atoms in total. The number of likely N-dealkylation sites (tertiary alicyclic amines) is 2. The van der Waals surface area contributed by atoms with E-state index < -0.39 is 5.92 Å². The molecule has 0 unspecified atom stereocenters. The third kappa shape index (κ3) is 8.12. The minimum Gasteiger partial charge on any atom is -0.397 e. The summed E-state index contributed by atoms with van der Waals surface area (Å²) < 4.78 is 0. The van der Waals surface area contributed by atoms with Crippen LogP contribution in [-0.4, -0.2) is 120 Å². The van der Waals surface area contributed by atoms with Gasteiger partial charge in [0.15, 0.2) is 0 Å². The van der Waals surface area contributed by atoms with Gasteiger partial charge in [-0.05, 0) is 99.6 Å². The summed E-state index contributed by atoms with van der Waals surface area (Å²) in [6.07, 6.45) is 6.78. The number of carbonyl (C=O) groups excluding carboxylic acids is 3. The smallest absolute Gasteiger partial charge is 0.322 e. The normalized spacial score (nSPS) is 21.4. The number of likely N-dealkylation sites (N-methyl/N-ethyl adjacent to an activating group) is 1. The van der Waals surface area contributed by atoms with E-state index in [0.717, 1.165) is 94.6 Å². The Bertz CT molecular complexity index is 1450. The second kappa shape index (κ2) is 15.8. The number of piperidine rings is 2. The Labute approximate surface area is 294 Å². The van der Waals surface area contributed by atoms with E-state index in [0.29, 0.717) is 42.8 Å². The molecule has 0 saturated carbocycles. The molecule has 3 N–H and O–H groups in total. The number of nitrogens with two attached hydrogens (primary N) is 1. The summed E-state index contributed by atoms with van der Waals surface area (Å²) in [5.41, 5.74) is 10.8. The van der Waals surface area contributed by atoms with Gasteiger partial charge in [-0.25, -0.2) is 4.79 Å². The van der Waals surface area contributed by atoms with Gasteiger partial charge in [0.05, 0.1) is 22.3 Å². The van der Waals surface area contributed by atoms with Gasteiger partial charge < -0.3 is 30.7 Å². The summed E-state index contributed by atoms with van der Waals surface area (Å²) in [7, 11) is 2.19. The molecule has 2 aromatic rings. The van der Waals surface area contributed by atoms with Crippen molar-refractivity contribution in [1.82, 2.24) is 24.5 Å². The topological polar surface area (TPSA) is 105 Å². The number of hydrogen-bond donors (Lipinski definition) is 2. The van der Waals surface area contributed by atoms with Crippen molar-refractivity contribution < 1.29 is 14.4 Å². The zero-order valence-electron chi connectivity index (χ0n) is 28.6. The molecule has 1 aromatic carbocycles. The summed E-state index contributed by atoms with van der Waals surface area (Å²) in [5, 5.41) is 7.67. The average Bonchev–Trinajstić information content (AvgIpc) is 3.32. The summed E-state index contributed by atoms with van der Waals surface area (Å²) in [5.74, 6) is -0.403. The van der Waals surface area contributed by atoms with Crippen molar-refractivity contribution in [2.24, 2.45) is 5.92 Å². The largest absolute Gasteiger partial charge is 0.397 e. The molecule has 262 valence electrons. The van der Waals surface area contributed by atoms with Crippen LogP contribution in [0.2, 0.25) is 5.02 Å². The third-order valence-corrected chi connectivity index (χ3v) is 12.2. The molecule has 48 heavy (non-hydrogen) atoms. The van der Waals surface area contributed by atoms with Crippen LogP contribution in [0.5, 0.6) is 0 Å². The quantitative estimate of drug-likeness (QED) is 0.384. The number of halogens is 1. The van der Waals surface area contributed by atoms with Crippen LogP contribution in [-0.2, 0) is 28.9 Å². The van der Waals surface area contributed by atoms with Gasteiger partial charge >= 0.3 is 6.03 Å². The third-order valence-electron chi connectivity index (χ3n) is 11.1. The van der Waals surface area contributed by atoms with Crippen LogP contribution >= 0.6 is 22.9 Å². The van der Waals surface area contributed by atoms with Crippen LogP contribution < -0.4 is 11.1 Å². The number of nitrogens with zero attached hydrogens (tertiary/aromatic N) is 5. The molecule has 4 aliphatic rings. The van der Waals surface area contributed by atoms with Crippen LogP contribution in [0.4, 0.5) is 16.2 Å². The van der Waals surface area contributed by atoms with Crippen molar-refractivity contribution in [2.75, 3.05) is 77.0 Å². The predicted molar refractivity (Wildman–Crippen MR) is 194 cm³/mol. The molecular weight excluding hydrogens is 646 g/mol. The molecule has 4 amide bonds. The van der Waals surface area contributed by atoms with E-state index >= 15 is 0 Å². The summed E-state index contributed by atoms with van der Waals surface area (Å²) in [4.78, 5) is 52.0. The Kier molecular flexibility index (Phi) is 11.5. The number of fused-ring (bicyclic) bond motifs is 1. The molecule has 1 atom stereocenters. The highest BCUT2D eigenvalue weighted by atomic mass is 35.5. The predicted octanol–water partition coefficient (Wildman–Crippen LogP) is 4.80. The number of thiophene rings is 1. The van der Waals surface area contributed by atoms with E-state index in [2.05, 4.69) is 27.5 Å². The first-order valence-corrected chi connectivity index (χ1v) is 19.2. The van der Waals surface area contributed by atoms with Gasteiger partial charge in [0.1, 0.15) is 0 Å². The van der Waals surface area contributed by atoms with Gasteiger partial charge in [0, 0.05) is 69.7 Å². The lowest BCUT2D eigenvalue weighted by molar-refractivity contribution is -0.143. The molecule has 6 rings (SSSR count). The number of carbonyl (C=O) groups is 3. The van der Waals surface area contributed by atoms with Gasteiger partial charge in [0.2, 0.25) is 11.8 Å². The van der Waals surface area contributed by atoms with Crippen LogP contribution in [0.25, 0.3) is 0 Å². The first kappa shape index (κ1) is 35.0. The second-order valence-corrected chi connectivity index (χ2v) is 15.3. The fourth-order valence-corrected chi connectivity index (χ4v) is 9.18. The van der Waals surface area contributed by atoms with Crippen LogP contribution in [0, 0.1) is 5.92 Å². The van der Waals surface area contributed by atoms with Gasteiger partial charge in [0.25, 0.3) is 0 Å². The number of benzene rings is 1. The highest BCUT2D eigenvalue weighted by Gasteiger charge is 2.35. The monoisotopic (exact) mass is 697 g/mol. The lowest BCUT2D eigenvalue weighted by Gasteiger charge is -2.40. The number of anilines is 2. The summed E-state index contributed by atoms with van der Waals surface area (Å²) in [6.45, 7) is 9.76. The zero-order valence-corrected chi connectivity index (χ0v) is 30.2. The van der Waals surface area contributed by atoms with Crippen LogP contribution in [0.15, 0.2) is 22.9 Å². The second-order valence-electron chi connectivity index (χ2n) is 14.2. The molecule has 3 fully saturated rings. The Balaban J connectivity index is 1.09. The number of hydrogen-bond acceptors (Lipinski definition) is 7. The molecule has 3 saturated heterocycles. The van der Waals surface area contributed by atoms with Crippen LogP contribution in [0.3, 0.4) is 0 Å². The number of amides is 4. The summed E-state index contributed by atoms with van der Waals surface area (Å²) >= 11 is 8.14. The Morgan fingerprint density at radius 2 is 1.69 bits per heavy atom. The van der Waals surface area contributed by atoms with E-state index in [9.17, 15) is 14.4 Å². The van der Waals surface area contributed by atoms with Crippen molar-refractivity contribution in [2.45, 2.75) is 76.8 Å². The van der Waals surface area contributed by atoms with Gasteiger partial charge in [-0.3, -0.25) is 14.5 Å². The number of aryl methyl sites for hydroxylation is 1. The number of rotatable bonds is 8. The average molecular weight is 698 g/mol. The molecule has 5 heterocycles. The summed E-state index contributed by atoms with van der Waals surface area (Å²) in [6, 6.07) is 4.45. The van der Waals surface area contributed by atoms with Gasteiger partial charge in [-0.1, -0.05) is 24.6 Å². The van der Waals surface area contributed by atoms with Crippen molar-refractivity contribution in [3.63, 3.8) is 0 Å². The maximum absolute atomic E-state index is 14.2. The first-order valence-electron chi connectivity index (χ1n) is 17.9. The maximum atomic E-state index is 14.2. The molecular formula is C36H52ClN7O3S. The number of urea groups is 1. The van der Waals surface area contributed by atoms with Gasteiger partial charge in [-0.2, -0.15) is 0 Å². The fraction of sp³-hybridized carbons (Fsp3) is 0.639. The SMILES string of the molecule is CCc1cc(C[C@@H](CC(=O)N2CCC(N3CCc4cscc4NC3=O)CC2)C(=O)N2CCC(N3CCCN(C)CC3)CC2)cc(Cl)c1N. The number of nitrogen functional groups attached to an aromatic ring is 1. The first-order chi connectivity index (χ1) is 23.2. The van der Waals surface area contributed by atoms with Crippen molar-refractivity contribution >= 4 is 52.2 Å². The van der Waals surface area contributed by atoms with Crippen molar-refractivity contribution in [3.05, 3.63) is 44.6 Å². The van der Waals surface area contributed by atoms with E-state index in [4.69, 9.17) is 17.3 Å². The minimum absolute atomic E-state index is 0.00909. The van der Waals surface area contributed by atoms with E-state index in [1.807, 2.05) is 39.1 Å². The van der Waals surface area contributed by atoms with Crippen LogP contribution in [0.1, 0.15) is 62.1 Å². The number of nitrogens with one attached hydrogen (secondary N) is 1. The van der Waals surface area contributed by atoms with Gasteiger partial charge in [-0.15, -0.1) is 11.3 Å². The molecule has 0 bridgehead atoms. The van der Waals surface area contributed by atoms with E-state index in [1.165, 1.54) is 12.0 Å². The molecule has 0 spiro atoms. The highest BCUT2D eigenvalue weighted by Crippen LogP contribution is 2.31. The standard InChI is InChI=1S/C36H52ClN7O3S/c1-3-26-19-25(21-31(37)34(26)38)20-28(35(46)43-14-6-29(7-15-43)41-11-4-10-40(2)17-18-41)22-33(45)42-12-8-30(9-13-42)44-16-5-27-23-48-24-32(27)39-36(44)47/h19,21,23-24,28-30H,3-18,20,22,38H2,1-2H3,(H,39,47)/t28-/m0/s1. The molecule has 0 aliphatic carbocycles. The molecule has 4 aliphatic heterocycles. The fourth-order valence-electron chi connectivity index (χ4n) is 8.09. The maximum Gasteiger partial charge on any atom is 0.322 e. The van der Waals surface area contributed by atoms with E-state index in [-0.39, 0.29) is 30.3 Å². The lowest BCUT2D eigenvalue weighted by Crippen LogP contribution is -2.51. The molecule has 1 aromatic heterocycles. The highest BCUT2D eigenvalue weighted by molar-refractivity contribution is 7.08. The van der Waals surface area contributed by atoms with Crippen molar-refractivity contribution in [1.29, 1.82) is 0 Å². The van der Waals surface area contributed by atoms with E-state index in [1.54, 1.807) is 11.3 Å². The zero-order chi connectivity index (χ0) is 33.8. The molecule has 0 radical (unpaired) electrons.